The summed E-state index contributed by atoms with van der Waals surface area (Å²) in [4.78, 5) is 13.0. The maximum atomic E-state index is 13.0. The van der Waals surface area contributed by atoms with Crippen molar-refractivity contribution in [2.24, 2.45) is 0 Å². The van der Waals surface area contributed by atoms with Gasteiger partial charge < -0.3 is 24.3 Å². The average Bonchev–Trinajstić information content (AvgIpc) is 2.74. The quantitative estimate of drug-likeness (QED) is 0.837. The van der Waals surface area contributed by atoms with Gasteiger partial charge in [-0.2, -0.15) is 0 Å². The van der Waals surface area contributed by atoms with Gasteiger partial charge in [-0.3, -0.25) is 4.79 Å². The summed E-state index contributed by atoms with van der Waals surface area (Å²) < 4.78 is 22.6. The maximum Gasteiger partial charge on any atom is 0.225 e. The van der Waals surface area contributed by atoms with Crippen LogP contribution in [0.2, 0.25) is 0 Å². The van der Waals surface area contributed by atoms with Crippen molar-refractivity contribution in [2.45, 2.75) is 37.3 Å². The highest BCUT2D eigenvalue weighted by molar-refractivity contribution is 5.80. The highest BCUT2D eigenvalue weighted by Gasteiger charge is 2.42. The molecule has 2 aromatic carbocycles. The van der Waals surface area contributed by atoms with E-state index in [2.05, 4.69) is 5.32 Å². The first-order valence-electron chi connectivity index (χ1n) is 9.98. The second-order valence-corrected chi connectivity index (χ2v) is 7.61. The Bertz CT molecular complexity index is 875. The van der Waals surface area contributed by atoms with Crippen molar-refractivity contribution in [3.63, 3.8) is 0 Å². The third kappa shape index (κ3) is 4.17. The van der Waals surface area contributed by atoms with Gasteiger partial charge >= 0.3 is 0 Å². The summed E-state index contributed by atoms with van der Waals surface area (Å²) in [6.07, 6.45) is 2.62. The van der Waals surface area contributed by atoms with Gasteiger partial charge in [0, 0.05) is 30.4 Å². The second-order valence-electron chi connectivity index (χ2n) is 7.61. The van der Waals surface area contributed by atoms with Crippen LogP contribution in [0.4, 0.5) is 0 Å². The maximum absolute atomic E-state index is 13.0. The van der Waals surface area contributed by atoms with Crippen LogP contribution in [-0.2, 0) is 16.0 Å². The van der Waals surface area contributed by atoms with E-state index in [1.54, 1.807) is 14.2 Å². The number of hydrogen-bond acceptors (Lipinski definition) is 5. The number of nitrogens with one attached hydrogen (secondary N) is 1. The number of rotatable bonds is 5. The van der Waals surface area contributed by atoms with Gasteiger partial charge in [0.1, 0.15) is 22.8 Å². The molecule has 0 aromatic heterocycles. The van der Waals surface area contributed by atoms with Gasteiger partial charge in [0.15, 0.2) is 0 Å². The summed E-state index contributed by atoms with van der Waals surface area (Å²) >= 11 is 0. The first-order valence-corrected chi connectivity index (χ1v) is 9.98. The molecule has 1 fully saturated rings. The number of para-hydroxylation sites is 1. The van der Waals surface area contributed by atoms with Gasteiger partial charge in [0.05, 0.1) is 39.9 Å². The minimum atomic E-state index is -0.280. The molecule has 0 saturated carbocycles. The second kappa shape index (κ2) is 8.33. The molecule has 1 unspecified atom stereocenters. The van der Waals surface area contributed by atoms with Crippen LogP contribution in [0.15, 0.2) is 42.5 Å². The third-order valence-corrected chi connectivity index (χ3v) is 5.77. The molecule has 1 atom stereocenters. The number of amides is 1. The molecule has 154 valence electrons. The van der Waals surface area contributed by atoms with Crippen molar-refractivity contribution in [1.82, 2.24) is 5.32 Å². The molecular weight excluding hydrogens is 370 g/mol. The van der Waals surface area contributed by atoms with Crippen molar-refractivity contribution in [2.75, 3.05) is 27.4 Å². The molecule has 2 aliphatic rings. The van der Waals surface area contributed by atoms with Crippen molar-refractivity contribution >= 4 is 5.91 Å². The van der Waals surface area contributed by atoms with Crippen LogP contribution in [0, 0.1) is 0 Å². The van der Waals surface area contributed by atoms with E-state index >= 15 is 0 Å². The van der Waals surface area contributed by atoms with Gasteiger partial charge in [0.2, 0.25) is 5.91 Å². The van der Waals surface area contributed by atoms with Crippen LogP contribution >= 0.6 is 0 Å². The fraction of sp³-hybridized carbons (Fsp3) is 0.435. The Morgan fingerprint density at radius 3 is 2.69 bits per heavy atom. The molecule has 29 heavy (non-hydrogen) atoms. The summed E-state index contributed by atoms with van der Waals surface area (Å²) in [6, 6.07) is 13.4. The van der Waals surface area contributed by atoms with Crippen LogP contribution < -0.4 is 19.5 Å². The van der Waals surface area contributed by atoms with E-state index in [1.807, 2.05) is 42.5 Å². The number of benzene rings is 2. The molecule has 1 saturated heterocycles. The molecule has 0 radical (unpaired) electrons. The van der Waals surface area contributed by atoms with E-state index in [-0.39, 0.29) is 24.0 Å². The lowest BCUT2D eigenvalue weighted by molar-refractivity contribution is -0.122. The normalized spacial score (nSPS) is 19.7. The standard InChI is InChI=1S/C23H27NO5/c1-26-17-7-8-20(27-2)16(13-17)14-22(25)24-19-15-23(9-11-28-12-10-23)29-21-6-4-3-5-18(19)21/h3-8,13,19H,9-12,14-15H2,1-2H3,(H,24,25). The number of methoxy groups -OCH3 is 2. The number of carbonyl (C=O) groups excluding carboxylic acids is 1. The van der Waals surface area contributed by atoms with Gasteiger partial charge in [-0.15, -0.1) is 0 Å². The van der Waals surface area contributed by atoms with E-state index in [9.17, 15) is 4.79 Å². The lowest BCUT2D eigenvalue weighted by Crippen LogP contribution is -2.48. The van der Waals surface area contributed by atoms with Crippen molar-refractivity contribution in [1.29, 1.82) is 0 Å². The first kappa shape index (κ1) is 19.6. The summed E-state index contributed by atoms with van der Waals surface area (Å²) in [5.41, 5.74) is 1.54. The molecule has 1 N–H and O–H groups in total. The zero-order valence-corrected chi connectivity index (χ0v) is 16.9. The van der Waals surface area contributed by atoms with E-state index < -0.39 is 0 Å². The molecule has 2 aromatic rings. The van der Waals surface area contributed by atoms with Crippen LogP contribution in [0.25, 0.3) is 0 Å². The zero-order valence-electron chi connectivity index (χ0n) is 16.9. The Hall–Kier alpha value is -2.73. The Morgan fingerprint density at radius 1 is 1.14 bits per heavy atom. The predicted octanol–water partition coefficient (Wildman–Crippen LogP) is 3.44. The minimum Gasteiger partial charge on any atom is -0.497 e. The lowest BCUT2D eigenvalue weighted by atomic mass is 9.82. The molecule has 1 amide bonds. The van der Waals surface area contributed by atoms with E-state index in [1.165, 1.54) is 0 Å². The molecule has 0 aliphatic carbocycles. The molecule has 2 heterocycles. The molecule has 6 nitrogen and oxygen atoms in total. The summed E-state index contributed by atoms with van der Waals surface area (Å²) in [5.74, 6) is 2.17. The fourth-order valence-electron chi connectivity index (χ4n) is 4.24. The number of carbonyl (C=O) groups is 1. The lowest BCUT2D eigenvalue weighted by Gasteiger charge is -2.44. The fourth-order valence-corrected chi connectivity index (χ4v) is 4.24. The molecule has 6 heteroatoms. The first-order chi connectivity index (χ1) is 14.1. The predicted molar refractivity (Wildman–Crippen MR) is 109 cm³/mol. The SMILES string of the molecule is COc1ccc(OC)c(CC(=O)NC2CC3(CCOCC3)Oc3ccccc32)c1. The van der Waals surface area contributed by atoms with Crippen molar-refractivity contribution < 1.29 is 23.7 Å². The molecule has 1 spiro atoms. The van der Waals surface area contributed by atoms with E-state index in [0.29, 0.717) is 24.7 Å². The van der Waals surface area contributed by atoms with E-state index in [0.717, 1.165) is 36.1 Å². The van der Waals surface area contributed by atoms with Crippen LogP contribution in [0.5, 0.6) is 17.2 Å². The molecule has 4 rings (SSSR count). The Labute approximate surface area is 171 Å². The number of ether oxygens (including phenoxy) is 4. The Kier molecular flexibility index (Phi) is 5.62. The highest BCUT2D eigenvalue weighted by Crippen LogP contribution is 2.43. The zero-order chi connectivity index (χ0) is 20.3. The van der Waals surface area contributed by atoms with Crippen LogP contribution in [0.3, 0.4) is 0 Å². The molecule has 2 aliphatic heterocycles. The average molecular weight is 397 g/mol. The minimum absolute atomic E-state index is 0.0551. The van der Waals surface area contributed by atoms with Gasteiger partial charge in [-0.25, -0.2) is 0 Å². The number of hydrogen-bond donors (Lipinski definition) is 1. The monoisotopic (exact) mass is 397 g/mol. The summed E-state index contributed by atoms with van der Waals surface area (Å²) in [7, 11) is 3.21. The molecule has 0 bridgehead atoms. The van der Waals surface area contributed by atoms with E-state index in [4.69, 9.17) is 18.9 Å². The van der Waals surface area contributed by atoms with Crippen molar-refractivity contribution in [3.8, 4) is 17.2 Å². The summed E-state index contributed by atoms with van der Waals surface area (Å²) in [6.45, 7) is 1.37. The van der Waals surface area contributed by atoms with Crippen LogP contribution in [-0.4, -0.2) is 38.9 Å². The van der Waals surface area contributed by atoms with Crippen LogP contribution in [0.1, 0.15) is 36.4 Å². The largest absolute Gasteiger partial charge is 0.497 e. The van der Waals surface area contributed by atoms with Gasteiger partial charge in [-0.05, 0) is 24.3 Å². The third-order valence-electron chi connectivity index (χ3n) is 5.77. The smallest absolute Gasteiger partial charge is 0.225 e. The Balaban J connectivity index is 1.54. The Morgan fingerprint density at radius 2 is 1.93 bits per heavy atom. The van der Waals surface area contributed by atoms with Gasteiger partial charge in [0.25, 0.3) is 0 Å². The van der Waals surface area contributed by atoms with Crippen molar-refractivity contribution in [3.05, 3.63) is 53.6 Å². The highest BCUT2D eigenvalue weighted by atomic mass is 16.5. The summed E-state index contributed by atoms with van der Waals surface area (Å²) in [5, 5.41) is 3.23. The topological polar surface area (TPSA) is 66.0 Å². The molecular formula is C23H27NO5. The van der Waals surface area contributed by atoms with Gasteiger partial charge in [-0.1, -0.05) is 18.2 Å². The number of fused-ring (bicyclic) bond motifs is 1.